The Hall–Kier alpha value is -0.869. The molecule has 0 aromatic carbocycles. The summed E-state index contributed by atoms with van der Waals surface area (Å²) in [5.41, 5.74) is 2.51. The van der Waals surface area contributed by atoms with E-state index < -0.39 is 25.2 Å². The third-order valence-corrected chi connectivity index (χ3v) is 9.70. The first-order chi connectivity index (χ1) is 5.97. The Bertz CT molecular complexity index is 221. The normalized spacial score (nSPS) is 12.9. The predicted molar refractivity (Wildman–Crippen MR) is 67.6 cm³/mol. The number of hydrogen-bond acceptors (Lipinski definition) is 2. The van der Waals surface area contributed by atoms with E-state index in [0.29, 0.717) is 0 Å². The third-order valence-electron chi connectivity index (χ3n) is 1.23. The number of hydrogen-bond donors (Lipinski definition) is 0. The summed E-state index contributed by atoms with van der Waals surface area (Å²) in [6, 6.07) is 0. The fourth-order valence-electron chi connectivity index (χ4n) is 1.24. The Kier molecular flexibility index (Phi) is 5.26. The molecule has 0 aliphatic rings. The van der Waals surface area contributed by atoms with E-state index in [2.05, 4.69) is 44.8 Å². The van der Waals surface area contributed by atoms with E-state index in [1.54, 1.807) is 0 Å². The van der Waals surface area contributed by atoms with Gasteiger partial charge in [0.2, 0.25) is 0 Å². The SMILES string of the molecule is [C-]#C[Si](C)(O[Si](C)(C)C)O[Si](C)(C)C.[Rf]. The Morgan fingerprint density at radius 1 is 0.800 bits per heavy atom. The molecule has 0 rings (SSSR count). The van der Waals surface area contributed by atoms with Crippen molar-refractivity contribution in [3.8, 4) is 5.54 Å². The summed E-state index contributed by atoms with van der Waals surface area (Å²) in [4.78, 5) is 0. The number of rotatable bonds is 4. The molecule has 0 radical (unpaired) electrons. The molecule has 0 bridgehead atoms. The summed E-state index contributed by atoms with van der Waals surface area (Å²) in [6.45, 7) is 14.6. The van der Waals surface area contributed by atoms with E-state index in [0.717, 1.165) is 0 Å². The van der Waals surface area contributed by atoms with Crippen molar-refractivity contribution in [3.05, 3.63) is 6.42 Å². The third kappa shape index (κ3) is 8.15. The fraction of sp³-hybridized carbons (Fsp3) is 0.778. The average molecular weight is 513 g/mol. The molecule has 15 heavy (non-hydrogen) atoms. The van der Waals surface area contributed by atoms with Gasteiger partial charge in [0, 0.05) is 0 Å². The van der Waals surface area contributed by atoms with Crippen LogP contribution < -0.4 is 0 Å². The summed E-state index contributed by atoms with van der Waals surface area (Å²) in [7, 11) is -5.73. The van der Waals surface area contributed by atoms with Crippen molar-refractivity contribution in [3.63, 3.8) is 0 Å². The molecule has 0 unspecified atom stereocenters. The second-order valence-electron chi connectivity index (χ2n) is 5.50. The Labute approximate surface area is 91.5 Å². The van der Waals surface area contributed by atoms with Gasteiger partial charge in [-0.2, -0.15) is 0 Å². The zero-order valence-corrected chi connectivity index (χ0v) is 20.4. The maximum absolute atomic E-state index is 7.32. The summed E-state index contributed by atoms with van der Waals surface area (Å²) in [5.74, 6) is 0. The monoisotopic (exact) mass is 512 g/mol. The predicted octanol–water partition coefficient (Wildman–Crippen LogP) is 2.89. The minimum absolute atomic E-state index is 0. The molecule has 84 valence electrons. The molecular formula is C9H21O2RfSi3-. The zero-order chi connectivity index (χ0) is 11.6. The van der Waals surface area contributed by atoms with Crippen molar-refractivity contribution >= 4 is 25.2 Å². The molecule has 0 aliphatic carbocycles. The Balaban J connectivity index is 0. The van der Waals surface area contributed by atoms with E-state index >= 15 is 0 Å². The van der Waals surface area contributed by atoms with Crippen molar-refractivity contribution in [2.45, 2.75) is 45.8 Å². The maximum atomic E-state index is 7.32. The van der Waals surface area contributed by atoms with Gasteiger partial charge < -0.3 is 20.2 Å². The quantitative estimate of drug-likeness (QED) is 0.328. The molecular weight excluding hydrogens is 491 g/mol. The molecule has 0 amide bonds. The van der Waals surface area contributed by atoms with Gasteiger partial charge >= 0.3 is 8.56 Å². The molecule has 0 aromatic heterocycles. The van der Waals surface area contributed by atoms with Crippen LogP contribution in [0.2, 0.25) is 45.8 Å². The van der Waals surface area contributed by atoms with Gasteiger partial charge in [-0.1, -0.05) is 0 Å². The molecule has 0 aliphatic heterocycles. The van der Waals surface area contributed by atoms with E-state index in [9.17, 15) is 0 Å². The summed E-state index contributed by atoms with van der Waals surface area (Å²) in [6.07, 6.45) is 7.32. The van der Waals surface area contributed by atoms with E-state index in [1.165, 1.54) is 0 Å². The Morgan fingerprint density at radius 2 is 1.07 bits per heavy atom. The topological polar surface area (TPSA) is 18.5 Å². The molecule has 0 atom stereocenters. The summed E-state index contributed by atoms with van der Waals surface area (Å²) >= 11 is 0. The van der Waals surface area contributed by atoms with Crippen LogP contribution in [0.4, 0.5) is 0 Å². The maximum Gasteiger partial charge on any atom is 0.357 e. The first-order valence-electron chi connectivity index (χ1n) is 4.82. The summed E-state index contributed by atoms with van der Waals surface area (Å²) in [5, 5.41) is 0. The fourth-order valence-corrected chi connectivity index (χ4v) is 11.5. The van der Waals surface area contributed by atoms with Gasteiger partial charge in [0.05, 0.1) is 0 Å². The van der Waals surface area contributed by atoms with Crippen LogP contribution in [0.1, 0.15) is 0 Å². The summed E-state index contributed by atoms with van der Waals surface area (Å²) < 4.78 is 11.9. The molecule has 0 heterocycles. The standard InChI is InChI=1S/C9H21O2Si3.Rf/c1-9-14(8,10-12(2,3)4)11-13(5,6)7;/h2-8H3;/q-1;. The van der Waals surface area contributed by atoms with Crippen molar-refractivity contribution in [2.24, 2.45) is 0 Å². The molecule has 0 aromatic rings. The van der Waals surface area contributed by atoms with Crippen LogP contribution in [0.15, 0.2) is 0 Å². The van der Waals surface area contributed by atoms with Crippen LogP contribution in [0, 0.1) is 12.0 Å². The second kappa shape index (κ2) is 4.77. The van der Waals surface area contributed by atoms with Crippen molar-refractivity contribution < 1.29 is 8.23 Å². The van der Waals surface area contributed by atoms with Gasteiger partial charge in [0.1, 0.15) is 0 Å². The van der Waals surface area contributed by atoms with Crippen LogP contribution in [-0.2, 0) is 8.23 Å². The van der Waals surface area contributed by atoms with Crippen molar-refractivity contribution in [1.82, 2.24) is 0 Å². The van der Waals surface area contributed by atoms with Gasteiger partial charge in [0.25, 0.3) is 0 Å². The van der Waals surface area contributed by atoms with Crippen LogP contribution >= 0.6 is 0 Å². The first kappa shape index (κ1) is 16.6. The second-order valence-corrected chi connectivity index (χ2v) is 17.7. The average Bonchev–Trinajstić information content (AvgIpc) is 1.78. The molecule has 0 saturated carbocycles. The van der Waals surface area contributed by atoms with Gasteiger partial charge in [-0.05, 0) is 45.8 Å². The van der Waals surface area contributed by atoms with Gasteiger partial charge in [-0.25, -0.2) is 0 Å². The first-order valence-corrected chi connectivity index (χ1v) is 13.9. The molecule has 2 nitrogen and oxygen atoms in total. The van der Waals surface area contributed by atoms with Crippen LogP contribution in [-0.4, -0.2) is 25.2 Å². The van der Waals surface area contributed by atoms with E-state index in [-0.39, 0.29) is 0 Å². The smallest absolute Gasteiger partial charge is 0.357 e. The largest absolute Gasteiger partial charge is 0.696 e. The van der Waals surface area contributed by atoms with E-state index in [1.807, 2.05) is 6.55 Å². The van der Waals surface area contributed by atoms with Crippen LogP contribution in [0.25, 0.3) is 0 Å². The van der Waals surface area contributed by atoms with Crippen molar-refractivity contribution in [2.75, 3.05) is 0 Å². The van der Waals surface area contributed by atoms with Gasteiger partial charge in [0.15, 0.2) is 16.6 Å². The minimum atomic E-state index is -2.45. The van der Waals surface area contributed by atoms with Gasteiger partial charge in [-0.3, -0.25) is 0 Å². The Morgan fingerprint density at radius 3 is 1.20 bits per heavy atom. The van der Waals surface area contributed by atoms with Crippen LogP contribution in [0.3, 0.4) is 0 Å². The molecule has 0 fully saturated rings. The minimum Gasteiger partial charge on any atom is -0.696 e. The molecule has 0 spiro atoms. The van der Waals surface area contributed by atoms with E-state index in [4.69, 9.17) is 14.7 Å². The van der Waals surface area contributed by atoms with Crippen molar-refractivity contribution in [1.29, 1.82) is 0 Å². The van der Waals surface area contributed by atoms with Crippen LogP contribution in [0.5, 0.6) is 0 Å². The molecule has 0 saturated heterocycles. The van der Waals surface area contributed by atoms with Gasteiger partial charge in [-0.15, -0.1) is 0 Å². The zero-order valence-electron chi connectivity index (χ0n) is 11.0. The molecule has 6 heteroatoms. The molecule has 0 N–H and O–H groups in total.